The summed E-state index contributed by atoms with van der Waals surface area (Å²) in [5, 5.41) is 0.673. The Morgan fingerprint density at radius 2 is 2.12 bits per heavy atom. The summed E-state index contributed by atoms with van der Waals surface area (Å²) < 4.78 is 1.72. The Balaban J connectivity index is 3.19. The van der Waals surface area contributed by atoms with Crippen molar-refractivity contribution in [1.82, 2.24) is 0 Å². The van der Waals surface area contributed by atoms with E-state index in [9.17, 15) is 0 Å². The second kappa shape index (κ2) is 2.76. The molecule has 1 heterocycles. The average molecular weight is 279 g/mol. The van der Waals surface area contributed by atoms with Gasteiger partial charge in [-0.3, -0.25) is 0 Å². The third-order valence-electron chi connectivity index (χ3n) is 0.648. The monoisotopic (exact) mass is 278 g/mol. The van der Waals surface area contributed by atoms with Crippen LogP contribution in [0, 0.1) is 0 Å². The molecule has 0 unspecified atom stereocenters. The number of hydrogen-bond acceptors (Lipinski definition) is 0. The molecule has 0 fully saturated rings. The molecule has 8 heavy (non-hydrogen) atoms. The van der Waals surface area contributed by atoms with Crippen LogP contribution in [0.25, 0.3) is 0 Å². The molecule has 0 bridgehead atoms. The summed E-state index contributed by atoms with van der Waals surface area (Å²) in [6.45, 7) is 0. The Labute approximate surface area is 71.7 Å². The third kappa shape index (κ3) is 1.31. The molecule has 0 aliphatic carbocycles. The molecule has 0 nitrogen and oxygen atoms in total. The molecule has 0 radical (unpaired) electrons. The van der Waals surface area contributed by atoms with Gasteiger partial charge < -0.3 is 0 Å². The van der Waals surface area contributed by atoms with Crippen molar-refractivity contribution in [3.05, 3.63) is 18.3 Å². The Morgan fingerprint density at radius 1 is 1.50 bits per heavy atom. The van der Waals surface area contributed by atoms with E-state index in [4.69, 9.17) is 23.2 Å². The molecule has 1 aromatic heterocycles. The van der Waals surface area contributed by atoms with Gasteiger partial charge in [0, 0.05) is 0 Å². The van der Waals surface area contributed by atoms with Crippen molar-refractivity contribution in [1.29, 1.82) is 0 Å². The first-order valence-corrected chi connectivity index (χ1v) is 5.19. The van der Waals surface area contributed by atoms with E-state index in [1.807, 2.05) is 4.94 Å². The van der Waals surface area contributed by atoms with E-state index in [0.717, 1.165) is 8.37 Å². The first-order chi connectivity index (χ1) is 3.72. The zero-order chi connectivity index (χ0) is 6.15. The van der Waals surface area contributed by atoms with E-state index >= 15 is 0 Å². The molecule has 0 N–H and O–H groups in total. The topological polar surface area (TPSA) is 0 Å². The summed E-state index contributed by atoms with van der Waals surface area (Å²) in [6.07, 6.45) is 0. The SMILES string of the molecule is Clc1[se]cc(Br)c1Cl. The van der Waals surface area contributed by atoms with E-state index < -0.39 is 0 Å². The molecule has 0 saturated carbocycles. The van der Waals surface area contributed by atoms with Crippen molar-refractivity contribution in [3.8, 4) is 0 Å². The van der Waals surface area contributed by atoms with Crippen LogP contribution in [0.15, 0.2) is 9.41 Å². The van der Waals surface area contributed by atoms with Gasteiger partial charge in [-0.05, 0) is 0 Å². The minimum absolute atomic E-state index is 0.275. The fourth-order valence-electron chi connectivity index (χ4n) is 0.301. The zero-order valence-electron chi connectivity index (χ0n) is 3.62. The summed E-state index contributed by atoms with van der Waals surface area (Å²) in [5.74, 6) is 0. The van der Waals surface area contributed by atoms with Gasteiger partial charge in [0.1, 0.15) is 0 Å². The van der Waals surface area contributed by atoms with Crippen molar-refractivity contribution < 1.29 is 0 Å². The molecule has 0 aliphatic heterocycles. The normalized spacial score (nSPS) is 9.88. The Hall–Kier alpha value is 1.06. The van der Waals surface area contributed by atoms with E-state index in [1.54, 1.807) is 0 Å². The zero-order valence-corrected chi connectivity index (χ0v) is 8.43. The van der Waals surface area contributed by atoms with Gasteiger partial charge in [0.2, 0.25) is 0 Å². The predicted molar refractivity (Wildman–Crippen MR) is 41.1 cm³/mol. The van der Waals surface area contributed by atoms with Crippen LogP contribution in [0.5, 0.6) is 0 Å². The second-order valence-corrected chi connectivity index (χ2v) is 5.14. The molecular weight excluding hydrogens is 278 g/mol. The van der Waals surface area contributed by atoms with Crippen LogP contribution < -0.4 is 0 Å². The molecule has 4 heteroatoms. The summed E-state index contributed by atoms with van der Waals surface area (Å²) >= 11 is 14.8. The predicted octanol–water partition coefficient (Wildman–Crippen LogP) is 2.81. The van der Waals surface area contributed by atoms with Gasteiger partial charge in [-0.25, -0.2) is 0 Å². The van der Waals surface area contributed by atoms with Gasteiger partial charge in [0.25, 0.3) is 0 Å². The number of rotatable bonds is 0. The van der Waals surface area contributed by atoms with Gasteiger partial charge in [0.15, 0.2) is 0 Å². The summed E-state index contributed by atoms with van der Waals surface area (Å²) in [4.78, 5) is 2.00. The first-order valence-electron chi connectivity index (χ1n) is 1.80. The average Bonchev–Trinajstić information content (AvgIpc) is 1.98. The van der Waals surface area contributed by atoms with Crippen LogP contribution in [-0.4, -0.2) is 14.5 Å². The van der Waals surface area contributed by atoms with E-state index in [1.165, 1.54) is 0 Å². The Morgan fingerprint density at radius 3 is 2.25 bits per heavy atom. The molecule has 1 aromatic rings. The summed E-state index contributed by atoms with van der Waals surface area (Å²) in [6, 6.07) is 0. The molecule has 0 aliphatic rings. The number of halogens is 3. The Kier molecular flexibility index (Phi) is 2.48. The number of hydrogen-bond donors (Lipinski definition) is 0. The summed E-state index contributed by atoms with van der Waals surface area (Å²) in [5.41, 5.74) is 0. The molecule has 0 aromatic carbocycles. The Bertz CT molecular complexity index is 176. The van der Waals surface area contributed by atoms with Gasteiger partial charge >= 0.3 is 72.0 Å². The van der Waals surface area contributed by atoms with Crippen LogP contribution in [0.3, 0.4) is 0 Å². The van der Waals surface area contributed by atoms with Crippen LogP contribution in [-0.2, 0) is 0 Å². The fraction of sp³-hybridized carbons (Fsp3) is 0. The van der Waals surface area contributed by atoms with Crippen molar-refractivity contribution in [2.24, 2.45) is 0 Å². The molecule has 0 atom stereocenters. The van der Waals surface area contributed by atoms with Crippen molar-refractivity contribution in [3.63, 3.8) is 0 Å². The van der Waals surface area contributed by atoms with Crippen LogP contribution in [0.1, 0.15) is 0 Å². The van der Waals surface area contributed by atoms with Crippen molar-refractivity contribution in [2.75, 3.05) is 0 Å². The van der Waals surface area contributed by atoms with E-state index in [0.29, 0.717) is 5.02 Å². The van der Waals surface area contributed by atoms with E-state index in [2.05, 4.69) is 15.9 Å². The van der Waals surface area contributed by atoms with Crippen LogP contribution in [0.2, 0.25) is 8.92 Å². The third-order valence-corrected chi connectivity index (χ3v) is 5.18. The van der Waals surface area contributed by atoms with Gasteiger partial charge in [0.05, 0.1) is 0 Å². The van der Waals surface area contributed by atoms with Gasteiger partial charge in [-0.15, -0.1) is 0 Å². The maximum atomic E-state index is 5.66. The molecular formula is C4HBrCl2Se. The van der Waals surface area contributed by atoms with Crippen molar-refractivity contribution in [2.45, 2.75) is 0 Å². The summed E-state index contributed by atoms with van der Waals surface area (Å²) in [7, 11) is 0. The first kappa shape index (κ1) is 7.17. The van der Waals surface area contributed by atoms with Gasteiger partial charge in [-0.1, -0.05) is 0 Å². The fourth-order valence-corrected chi connectivity index (χ4v) is 3.29. The standard InChI is InChI=1S/C4HBrCl2Se/c5-2-1-8-4(7)3(2)6/h1H. The van der Waals surface area contributed by atoms with Crippen molar-refractivity contribution >= 4 is 53.6 Å². The van der Waals surface area contributed by atoms with Gasteiger partial charge in [-0.2, -0.15) is 0 Å². The second-order valence-electron chi connectivity index (χ2n) is 1.17. The minimum atomic E-state index is 0.275. The quantitative estimate of drug-likeness (QED) is 0.640. The molecule has 44 valence electrons. The molecule has 1 rings (SSSR count). The van der Waals surface area contributed by atoms with Crippen LogP contribution >= 0.6 is 39.1 Å². The molecule has 0 amide bonds. The van der Waals surface area contributed by atoms with Crippen LogP contribution in [0.4, 0.5) is 0 Å². The van der Waals surface area contributed by atoms with E-state index in [-0.39, 0.29) is 14.5 Å². The maximum absolute atomic E-state index is 5.66. The molecule has 0 saturated heterocycles. The molecule has 0 spiro atoms.